The lowest BCUT2D eigenvalue weighted by atomic mass is 10.1. The van der Waals surface area contributed by atoms with Crippen molar-refractivity contribution in [1.82, 2.24) is 5.32 Å². The topological polar surface area (TPSA) is 49.0 Å². The summed E-state index contributed by atoms with van der Waals surface area (Å²) < 4.78 is 22.6. The third-order valence-electron chi connectivity index (χ3n) is 3.61. The Morgan fingerprint density at radius 3 is 2.64 bits per heavy atom. The van der Waals surface area contributed by atoms with Crippen LogP contribution < -0.4 is 24.3 Å². The van der Waals surface area contributed by atoms with Crippen LogP contribution in [0.4, 0.5) is 0 Å². The molecule has 0 atom stereocenters. The van der Waals surface area contributed by atoms with Gasteiger partial charge in [0, 0.05) is 18.7 Å². The van der Waals surface area contributed by atoms with Gasteiger partial charge in [-0.2, -0.15) is 0 Å². The molecule has 0 radical (unpaired) electrons. The van der Waals surface area contributed by atoms with E-state index in [4.69, 9.17) is 18.9 Å². The lowest BCUT2D eigenvalue weighted by Crippen LogP contribution is -2.13. The summed E-state index contributed by atoms with van der Waals surface area (Å²) in [5, 5.41) is 3.41. The molecular formula is C16H14BrNO4. The molecule has 0 bridgehead atoms. The molecular weight excluding hydrogens is 350 g/mol. The predicted octanol–water partition coefficient (Wildman–Crippen LogP) is 3.20. The van der Waals surface area contributed by atoms with E-state index in [1.807, 2.05) is 30.3 Å². The van der Waals surface area contributed by atoms with Crippen molar-refractivity contribution in [2.45, 2.75) is 13.1 Å². The highest BCUT2D eigenvalue weighted by atomic mass is 79.9. The van der Waals surface area contributed by atoms with Gasteiger partial charge in [0.2, 0.25) is 13.6 Å². The average Bonchev–Trinajstić information content (AvgIpc) is 3.16. The molecule has 5 nitrogen and oxygen atoms in total. The van der Waals surface area contributed by atoms with Gasteiger partial charge in [-0.25, -0.2) is 0 Å². The summed E-state index contributed by atoms with van der Waals surface area (Å²) in [6, 6.07) is 9.96. The molecule has 2 aliphatic heterocycles. The normalized spacial score (nSPS) is 14.4. The van der Waals surface area contributed by atoms with E-state index in [9.17, 15) is 0 Å². The van der Waals surface area contributed by atoms with Crippen LogP contribution in [0.2, 0.25) is 0 Å². The molecule has 4 rings (SSSR count). The minimum atomic E-state index is 0.276. The van der Waals surface area contributed by atoms with Crippen molar-refractivity contribution in [3.05, 3.63) is 45.9 Å². The van der Waals surface area contributed by atoms with Gasteiger partial charge in [-0.3, -0.25) is 0 Å². The predicted molar refractivity (Wildman–Crippen MR) is 83.4 cm³/mol. The van der Waals surface area contributed by atoms with E-state index in [0.29, 0.717) is 13.3 Å². The number of rotatable bonds is 4. The van der Waals surface area contributed by atoms with Gasteiger partial charge < -0.3 is 24.3 Å². The van der Waals surface area contributed by atoms with Crippen LogP contribution in [0.3, 0.4) is 0 Å². The molecule has 0 fully saturated rings. The Hall–Kier alpha value is -1.92. The summed E-state index contributed by atoms with van der Waals surface area (Å²) in [4.78, 5) is 0. The number of nitrogens with one attached hydrogen (secondary N) is 1. The van der Waals surface area contributed by atoms with E-state index in [1.165, 1.54) is 0 Å². The first-order valence-electron chi connectivity index (χ1n) is 6.97. The van der Waals surface area contributed by atoms with Gasteiger partial charge in [0.15, 0.2) is 23.0 Å². The maximum absolute atomic E-state index is 5.51. The Morgan fingerprint density at radius 1 is 0.909 bits per heavy atom. The summed E-state index contributed by atoms with van der Waals surface area (Å²) in [5.41, 5.74) is 2.22. The first-order chi connectivity index (χ1) is 10.8. The van der Waals surface area contributed by atoms with Crippen molar-refractivity contribution < 1.29 is 18.9 Å². The maximum Gasteiger partial charge on any atom is 0.231 e. The van der Waals surface area contributed by atoms with Gasteiger partial charge >= 0.3 is 0 Å². The van der Waals surface area contributed by atoms with Crippen molar-refractivity contribution in [1.29, 1.82) is 0 Å². The highest BCUT2D eigenvalue weighted by molar-refractivity contribution is 9.10. The molecule has 2 aromatic rings. The minimum absolute atomic E-state index is 0.276. The third-order valence-corrected chi connectivity index (χ3v) is 4.20. The number of para-hydroxylation sites is 1. The third kappa shape index (κ3) is 2.48. The second-order valence-corrected chi connectivity index (χ2v) is 5.92. The van der Waals surface area contributed by atoms with Gasteiger partial charge in [-0.1, -0.05) is 12.1 Å². The second kappa shape index (κ2) is 5.70. The molecule has 22 heavy (non-hydrogen) atoms. The standard InChI is InChI=1S/C16H14BrNO4/c17-12-4-10(5-14-16(12)22-9-20-14)6-18-7-11-2-1-3-13-15(11)21-8-19-13/h1-5,18H,6-9H2. The Labute approximate surface area is 136 Å². The number of halogens is 1. The van der Waals surface area contributed by atoms with Gasteiger partial charge in [0.25, 0.3) is 0 Å². The molecule has 0 amide bonds. The maximum atomic E-state index is 5.51. The molecule has 0 aromatic heterocycles. The molecule has 6 heteroatoms. The Kier molecular flexibility index (Phi) is 3.56. The summed E-state index contributed by atoms with van der Waals surface area (Å²) in [5.74, 6) is 3.20. The highest BCUT2D eigenvalue weighted by Gasteiger charge is 2.19. The number of fused-ring (bicyclic) bond motifs is 2. The molecule has 0 saturated heterocycles. The van der Waals surface area contributed by atoms with E-state index in [1.54, 1.807) is 0 Å². The summed E-state index contributed by atoms with van der Waals surface area (Å²) in [7, 11) is 0. The largest absolute Gasteiger partial charge is 0.454 e. The van der Waals surface area contributed by atoms with Crippen molar-refractivity contribution >= 4 is 15.9 Å². The van der Waals surface area contributed by atoms with Crippen molar-refractivity contribution in [3.63, 3.8) is 0 Å². The quantitative estimate of drug-likeness (QED) is 0.903. The van der Waals surface area contributed by atoms with Gasteiger partial charge in [-0.15, -0.1) is 0 Å². The SMILES string of the molecule is Brc1cc(CNCc2cccc3c2OCO3)cc2c1OCO2. The summed E-state index contributed by atoms with van der Waals surface area (Å²) >= 11 is 3.51. The number of hydrogen-bond donors (Lipinski definition) is 1. The average molecular weight is 364 g/mol. The smallest absolute Gasteiger partial charge is 0.231 e. The van der Waals surface area contributed by atoms with Crippen molar-refractivity contribution in [2.24, 2.45) is 0 Å². The van der Waals surface area contributed by atoms with Crippen LogP contribution >= 0.6 is 15.9 Å². The van der Waals surface area contributed by atoms with Crippen LogP contribution in [0.1, 0.15) is 11.1 Å². The van der Waals surface area contributed by atoms with E-state index >= 15 is 0 Å². The molecule has 2 aliphatic rings. The fourth-order valence-corrected chi connectivity index (χ4v) is 3.20. The van der Waals surface area contributed by atoms with Gasteiger partial charge in [0.1, 0.15) is 0 Å². The zero-order chi connectivity index (χ0) is 14.9. The zero-order valence-corrected chi connectivity index (χ0v) is 13.3. The van der Waals surface area contributed by atoms with Crippen LogP contribution in [0.5, 0.6) is 23.0 Å². The van der Waals surface area contributed by atoms with Crippen LogP contribution in [-0.4, -0.2) is 13.6 Å². The van der Waals surface area contributed by atoms with Crippen molar-refractivity contribution in [2.75, 3.05) is 13.6 Å². The van der Waals surface area contributed by atoms with E-state index in [0.717, 1.165) is 45.1 Å². The van der Waals surface area contributed by atoms with Crippen molar-refractivity contribution in [3.8, 4) is 23.0 Å². The van der Waals surface area contributed by atoms with Crippen LogP contribution in [0.15, 0.2) is 34.8 Å². The molecule has 0 unspecified atom stereocenters. The summed E-state index contributed by atoms with van der Waals surface area (Å²) in [6.07, 6.45) is 0. The lowest BCUT2D eigenvalue weighted by Gasteiger charge is -2.09. The molecule has 0 saturated carbocycles. The fourth-order valence-electron chi connectivity index (χ4n) is 2.59. The fraction of sp³-hybridized carbons (Fsp3) is 0.250. The number of benzene rings is 2. The molecule has 1 N–H and O–H groups in total. The molecule has 2 aromatic carbocycles. The Bertz CT molecular complexity index is 720. The first kappa shape index (κ1) is 13.7. The second-order valence-electron chi connectivity index (χ2n) is 5.07. The van der Waals surface area contributed by atoms with Gasteiger partial charge in [0.05, 0.1) is 4.47 Å². The Morgan fingerprint density at radius 2 is 1.73 bits per heavy atom. The van der Waals surface area contributed by atoms with E-state index in [-0.39, 0.29) is 6.79 Å². The van der Waals surface area contributed by atoms with Gasteiger partial charge in [-0.05, 0) is 39.7 Å². The first-order valence-corrected chi connectivity index (χ1v) is 7.77. The summed E-state index contributed by atoms with van der Waals surface area (Å²) in [6.45, 7) is 2.00. The monoisotopic (exact) mass is 363 g/mol. The van der Waals surface area contributed by atoms with Crippen LogP contribution in [0.25, 0.3) is 0 Å². The minimum Gasteiger partial charge on any atom is -0.454 e. The number of hydrogen-bond acceptors (Lipinski definition) is 5. The van der Waals surface area contributed by atoms with Crippen LogP contribution in [-0.2, 0) is 13.1 Å². The van der Waals surface area contributed by atoms with E-state index in [2.05, 4.69) is 21.2 Å². The molecule has 0 spiro atoms. The molecule has 2 heterocycles. The van der Waals surface area contributed by atoms with Crippen LogP contribution in [0, 0.1) is 0 Å². The molecule has 0 aliphatic carbocycles. The Balaban J connectivity index is 1.44. The highest BCUT2D eigenvalue weighted by Crippen LogP contribution is 2.40. The number of ether oxygens (including phenoxy) is 4. The lowest BCUT2D eigenvalue weighted by molar-refractivity contribution is 0.173. The van der Waals surface area contributed by atoms with E-state index < -0.39 is 0 Å². The zero-order valence-electron chi connectivity index (χ0n) is 11.7. The molecule has 114 valence electrons.